The van der Waals surface area contributed by atoms with E-state index in [1.807, 2.05) is 48.5 Å². The van der Waals surface area contributed by atoms with Crippen LogP contribution in [-0.4, -0.2) is 52.8 Å². The molecule has 2 aromatic heterocycles. The molecular formula is C55H49F4N8O6P. The Hall–Kier alpha value is -7.63. The number of halogens is 4. The molecule has 0 radical (unpaired) electrons. The van der Waals surface area contributed by atoms with Crippen molar-refractivity contribution in [3.8, 4) is 22.3 Å². The number of hydrogen-bond acceptors (Lipinski definition) is 12. The lowest BCUT2D eigenvalue weighted by Crippen LogP contribution is -2.27. The van der Waals surface area contributed by atoms with Crippen molar-refractivity contribution >= 4 is 53.3 Å². The maximum atomic E-state index is 16.1. The van der Waals surface area contributed by atoms with Crippen molar-refractivity contribution in [3.63, 3.8) is 0 Å². The standard InChI is InChI=1S/C55H49F4N8O6P/c1-54(2,3)72-74(70,73-55(4,5)6)71-49(37-23-43(58)41(56)21-35(37)29-15-17-45-39(19-29)47(64-52(60)62-45)50(68)66-25-31-11-7-8-12-32(31)26-66)38-24-44(59)42(57)22-36(38)30-16-18-46-40(20-30)48(65-53(61)63-46)51(69)67-27-33-13-9-10-14-34(33)28-67/h7-24,49H,25-28H2,1-6H3,(H2,60,62,64)(H2,61,63,65). The second-order valence-electron chi connectivity index (χ2n) is 20.2. The highest BCUT2D eigenvalue weighted by Crippen LogP contribution is 2.60. The van der Waals surface area contributed by atoms with Crippen molar-refractivity contribution in [2.75, 3.05) is 11.5 Å². The van der Waals surface area contributed by atoms with Gasteiger partial charge in [-0.1, -0.05) is 60.7 Å². The number of aromatic nitrogens is 4. The Balaban J connectivity index is 1.17. The Morgan fingerprint density at radius 1 is 0.541 bits per heavy atom. The largest absolute Gasteiger partial charge is 0.476 e. The van der Waals surface area contributed by atoms with E-state index >= 15 is 22.1 Å². The summed E-state index contributed by atoms with van der Waals surface area (Å²) in [7, 11) is -4.93. The van der Waals surface area contributed by atoms with Gasteiger partial charge in [-0.05, 0) is 146 Å². The molecule has 74 heavy (non-hydrogen) atoms. The zero-order valence-corrected chi connectivity index (χ0v) is 41.9. The fourth-order valence-corrected chi connectivity index (χ4v) is 11.4. The highest BCUT2D eigenvalue weighted by molar-refractivity contribution is 7.48. The first kappa shape index (κ1) is 49.9. The molecule has 0 saturated carbocycles. The molecule has 8 aromatic rings. The van der Waals surface area contributed by atoms with E-state index in [2.05, 4.69) is 19.9 Å². The van der Waals surface area contributed by atoms with E-state index in [4.69, 9.17) is 25.0 Å². The number of carbonyl (C=O) groups is 2. The monoisotopic (exact) mass is 1020 g/mol. The zero-order valence-electron chi connectivity index (χ0n) is 41.0. The number of hydrogen-bond donors (Lipinski definition) is 2. The Morgan fingerprint density at radius 3 is 1.24 bits per heavy atom. The van der Waals surface area contributed by atoms with Gasteiger partial charge in [-0.15, -0.1) is 0 Å². The molecule has 0 spiro atoms. The van der Waals surface area contributed by atoms with Crippen LogP contribution in [0, 0.1) is 23.3 Å². The van der Waals surface area contributed by atoms with Crippen LogP contribution in [0.1, 0.15) is 102 Å². The molecule has 6 aromatic carbocycles. The van der Waals surface area contributed by atoms with Gasteiger partial charge in [0.1, 0.15) is 17.5 Å². The minimum absolute atomic E-state index is 0.0715. The van der Waals surface area contributed by atoms with Gasteiger partial charge >= 0.3 is 7.82 Å². The Bertz CT molecular complexity index is 3400. The van der Waals surface area contributed by atoms with E-state index in [-0.39, 0.29) is 78.5 Å². The molecule has 4 heterocycles. The number of benzene rings is 6. The Kier molecular flexibility index (Phi) is 12.6. The number of nitrogen functional groups attached to an aromatic ring is 2. The molecule has 2 amide bonds. The number of nitrogens with two attached hydrogens (primary N) is 2. The molecule has 2 aliphatic rings. The van der Waals surface area contributed by atoms with Gasteiger partial charge in [0.05, 0.1) is 22.2 Å². The van der Waals surface area contributed by atoms with Crippen molar-refractivity contribution in [1.29, 1.82) is 0 Å². The van der Waals surface area contributed by atoms with Crippen LogP contribution in [0.4, 0.5) is 29.5 Å². The van der Waals surface area contributed by atoms with Crippen molar-refractivity contribution in [3.05, 3.63) is 177 Å². The van der Waals surface area contributed by atoms with Crippen LogP contribution < -0.4 is 11.5 Å². The molecule has 10 rings (SSSR count). The number of carbonyl (C=O) groups excluding carboxylic acids is 2. The molecule has 0 fully saturated rings. The average molecular weight is 1030 g/mol. The van der Waals surface area contributed by atoms with Gasteiger partial charge in [-0.2, -0.15) is 0 Å². The molecule has 0 aliphatic carbocycles. The van der Waals surface area contributed by atoms with Gasteiger partial charge in [0.25, 0.3) is 11.8 Å². The van der Waals surface area contributed by atoms with Crippen LogP contribution in [0.2, 0.25) is 0 Å². The lowest BCUT2D eigenvalue weighted by molar-refractivity contribution is -0.00587. The Morgan fingerprint density at radius 2 is 0.892 bits per heavy atom. The normalized spacial score (nSPS) is 13.8. The molecule has 0 atom stereocenters. The van der Waals surface area contributed by atoms with E-state index in [0.29, 0.717) is 26.2 Å². The highest BCUT2D eigenvalue weighted by atomic mass is 31.2. The number of fused-ring (bicyclic) bond motifs is 4. The van der Waals surface area contributed by atoms with Gasteiger partial charge in [0.15, 0.2) is 23.3 Å². The molecule has 0 unspecified atom stereocenters. The molecule has 0 saturated heterocycles. The summed E-state index contributed by atoms with van der Waals surface area (Å²) in [5.74, 6) is -6.75. The maximum absolute atomic E-state index is 16.1. The number of anilines is 2. The Labute approximate surface area is 422 Å². The fraction of sp³-hybridized carbons (Fsp3) is 0.236. The van der Waals surface area contributed by atoms with Crippen molar-refractivity contribution in [2.45, 2.75) is 85.0 Å². The quantitative estimate of drug-likeness (QED) is 0.0975. The van der Waals surface area contributed by atoms with Gasteiger partial charge in [0, 0.05) is 37.0 Å². The van der Waals surface area contributed by atoms with E-state index in [1.165, 1.54) is 36.4 Å². The summed E-state index contributed by atoms with van der Waals surface area (Å²) in [4.78, 5) is 49.4. The third-order valence-corrected chi connectivity index (χ3v) is 14.5. The first-order valence-electron chi connectivity index (χ1n) is 23.5. The first-order chi connectivity index (χ1) is 35.0. The molecule has 378 valence electrons. The van der Waals surface area contributed by atoms with Crippen molar-refractivity contribution < 1.29 is 45.3 Å². The third-order valence-electron chi connectivity index (χ3n) is 12.5. The molecular weight excluding hydrogens is 976 g/mol. The lowest BCUT2D eigenvalue weighted by atomic mass is 9.87. The average Bonchev–Trinajstić information content (AvgIpc) is 3.98. The molecule has 4 N–H and O–H groups in total. The topological polar surface area (TPSA) is 189 Å². The van der Waals surface area contributed by atoms with Gasteiger partial charge < -0.3 is 21.3 Å². The second-order valence-corrected chi connectivity index (χ2v) is 21.7. The predicted octanol–water partition coefficient (Wildman–Crippen LogP) is 11.8. The summed E-state index contributed by atoms with van der Waals surface area (Å²) < 4.78 is 98.2. The summed E-state index contributed by atoms with van der Waals surface area (Å²) in [5, 5.41) is 0.388. The number of amides is 2. The van der Waals surface area contributed by atoms with Crippen LogP contribution in [0.3, 0.4) is 0 Å². The SMILES string of the molecule is CC(C)(C)OP(=O)(OC(c1cc(F)c(F)cc1-c1ccc2nc(N)nc(C(=O)N3Cc4ccccc4C3)c2c1)c1cc(F)c(F)cc1-c1ccc2nc(N)nc(C(=O)N3Cc4ccccc4C3)c2c1)OC(C)(C)C. The van der Waals surface area contributed by atoms with Crippen LogP contribution in [-0.2, 0) is 44.3 Å². The third kappa shape index (κ3) is 9.93. The lowest BCUT2D eigenvalue weighted by Gasteiger charge is -2.34. The number of phosphoric ester groups is 1. The number of phosphoric acid groups is 1. The zero-order chi connectivity index (χ0) is 52.6. The molecule has 0 bridgehead atoms. The number of nitrogens with zero attached hydrogens (tertiary/aromatic N) is 6. The summed E-state index contributed by atoms with van der Waals surface area (Å²) >= 11 is 0. The summed E-state index contributed by atoms with van der Waals surface area (Å²) in [6, 6.07) is 27.5. The fourth-order valence-electron chi connectivity index (χ4n) is 9.41. The van der Waals surface area contributed by atoms with E-state index < -0.39 is 60.2 Å². The summed E-state index contributed by atoms with van der Waals surface area (Å²) in [6.45, 7) is 10.7. The van der Waals surface area contributed by atoms with Crippen LogP contribution in [0.25, 0.3) is 44.1 Å². The predicted molar refractivity (Wildman–Crippen MR) is 271 cm³/mol. The summed E-state index contributed by atoms with van der Waals surface area (Å²) in [6.07, 6.45) is -1.94. The number of rotatable bonds is 10. The van der Waals surface area contributed by atoms with Gasteiger partial charge in [-0.3, -0.25) is 23.2 Å². The molecule has 19 heteroatoms. The minimum Gasteiger partial charge on any atom is -0.368 e. The van der Waals surface area contributed by atoms with Gasteiger partial charge in [0.2, 0.25) is 11.9 Å². The van der Waals surface area contributed by atoms with Gasteiger partial charge in [-0.25, -0.2) is 42.1 Å². The van der Waals surface area contributed by atoms with Crippen LogP contribution in [0.15, 0.2) is 109 Å². The smallest absolute Gasteiger partial charge is 0.368 e. The first-order valence-corrected chi connectivity index (χ1v) is 25.0. The van der Waals surface area contributed by atoms with E-state index in [1.54, 1.807) is 51.3 Å². The second kappa shape index (κ2) is 18.7. The van der Waals surface area contributed by atoms with Crippen LogP contribution in [0.5, 0.6) is 0 Å². The maximum Gasteiger partial charge on any atom is 0.476 e. The van der Waals surface area contributed by atoms with Crippen molar-refractivity contribution in [2.24, 2.45) is 0 Å². The highest BCUT2D eigenvalue weighted by Gasteiger charge is 2.42. The van der Waals surface area contributed by atoms with E-state index in [0.717, 1.165) is 46.5 Å². The van der Waals surface area contributed by atoms with Crippen LogP contribution >= 0.6 is 7.82 Å². The minimum atomic E-state index is -4.93. The van der Waals surface area contributed by atoms with Crippen molar-refractivity contribution in [1.82, 2.24) is 29.7 Å². The summed E-state index contributed by atoms with van der Waals surface area (Å²) in [5.41, 5.74) is 13.6. The molecule has 2 aliphatic heterocycles. The molecule has 14 nitrogen and oxygen atoms in total. The van der Waals surface area contributed by atoms with E-state index in [9.17, 15) is 9.59 Å².